The highest BCUT2D eigenvalue weighted by Gasteiger charge is 2.27. The summed E-state index contributed by atoms with van der Waals surface area (Å²) in [5.74, 6) is -0.417. The molecule has 184 valence electrons. The number of carbonyl (C=O) groups excluding carboxylic acids is 1. The predicted octanol–water partition coefficient (Wildman–Crippen LogP) is 4.70. The van der Waals surface area contributed by atoms with Gasteiger partial charge in [0.2, 0.25) is 0 Å². The Labute approximate surface area is 207 Å². The largest absolute Gasteiger partial charge is 0.484 e. The average Bonchev–Trinajstić information content (AvgIpc) is 3.33. The van der Waals surface area contributed by atoms with Crippen LogP contribution < -0.4 is 4.74 Å². The van der Waals surface area contributed by atoms with E-state index in [0.29, 0.717) is 29.5 Å². The molecule has 0 saturated carbocycles. The van der Waals surface area contributed by atoms with Crippen LogP contribution in [-0.2, 0) is 11.3 Å². The summed E-state index contributed by atoms with van der Waals surface area (Å²) in [5.41, 5.74) is 2.33. The summed E-state index contributed by atoms with van der Waals surface area (Å²) in [6.07, 6.45) is 4.75. The van der Waals surface area contributed by atoms with Crippen molar-refractivity contribution in [2.24, 2.45) is 5.92 Å². The van der Waals surface area contributed by atoms with Crippen molar-refractivity contribution in [3.8, 4) is 11.4 Å². The van der Waals surface area contributed by atoms with E-state index in [2.05, 4.69) is 20.5 Å². The minimum atomic E-state index is -0.554. The second-order valence-electron chi connectivity index (χ2n) is 9.26. The normalized spacial score (nSPS) is 16.1. The summed E-state index contributed by atoms with van der Waals surface area (Å²) in [4.78, 5) is 18.5. The molecule has 0 aliphatic carbocycles. The van der Waals surface area contributed by atoms with Crippen LogP contribution in [0.5, 0.6) is 5.75 Å². The van der Waals surface area contributed by atoms with Gasteiger partial charge in [-0.05, 0) is 66.5 Å². The third-order valence-corrected chi connectivity index (χ3v) is 5.68. The van der Waals surface area contributed by atoms with E-state index in [9.17, 15) is 9.18 Å². The molecule has 35 heavy (non-hydrogen) atoms. The van der Waals surface area contributed by atoms with Gasteiger partial charge in [0.05, 0.1) is 16.4 Å². The van der Waals surface area contributed by atoms with Gasteiger partial charge in [-0.1, -0.05) is 24.6 Å². The number of carbonyl (C=O) groups is 1. The number of aromatic nitrogens is 5. The first kappa shape index (κ1) is 24.6. The zero-order valence-corrected chi connectivity index (χ0v) is 20.7. The Bertz CT molecular complexity index is 1240. The highest BCUT2D eigenvalue weighted by atomic mass is 35.5. The minimum Gasteiger partial charge on any atom is -0.484 e. The standard InChI is InChI=1S/C24H26ClFN6O3/c1-15-12-31(23(33)35-24(2,3)4)8-7-18(15)16-9-19(25)21(27-11-16)13-34-22-6-5-17(10-20(22)26)32-14-28-29-30-32/h5-7,9-11,14-15H,8,12-13H2,1-4H3. The SMILES string of the molecule is CC1CN(C(=O)OC(C)(C)C)CC=C1c1cnc(COc2ccc(-n3cnnn3)cc2F)c(Cl)c1. The summed E-state index contributed by atoms with van der Waals surface area (Å²) < 4.78 is 26.9. The van der Waals surface area contributed by atoms with Crippen LogP contribution in [-0.4, -0.2) is 54.9 Å². The number of ether oxygens (including phenoxy) is 2. The first-order valence-corrected chi connectivity index (χ1v) is 11.5. The zero-order valence-electron chi connectivity index (χ0n) is 19.9. The molecule has 3 aromatic rings. The lowest BCUT2D eigenvalue weighted by Crippen LogP contribution is -2.41. The van der Waals surface area contributed by atoms with Gasteiger partial charge in [0.25, 0.3) is 0 Å². The molecule has 1 aliphatic heterocycles. The molecule has 0 saturated heterocycles. The molecule has 0 bridgehead atoms. The summed E-state index contributed by atoms with van der Waals surface area (Å²) in [6, 6.07) is 6.24. The lowest BCUT2D eigenvalue weighted by Gasteiger charge is -2.33. The number of tetrazole rings is 1. The third-order valence-electron chi connectivity index (χ3n) is 5.35. The Balaban J connectivity index is 1.41. The molecule has 9 nitrogen and oxygen atoms in total. The van der Waals surface area contributed by atoms with E-state index in [-0.39, 0.29) is 24.4 Å². The Morgan fingerprint density at radius 2 is 2.09 bits per heavy atom. The first-order valence-electron chi connectivity index (χ1n) is 11.1. The zero-order chi connectivity index (χ0) is 25.2. The molecule has 1 aromatic carbocycles. The lowest BCUT2D eigenvalue weighted by atomic mass is 9.91. The molecule has 1 amide bonds. The number of amides is 1. The van der Waals surface area contributed by atoms with Crippen molar-refractivity contribution in [2.45, 2.75) is 39.9 Å². The fourth-order valence-corrected chi connectivity index (χ4v) is 3.92. The molecule has 4 rings (SSSR count). The maximum Gasteiger partial charge on any atom is 0.410 e. The van der Waals surface area contributed by atoms with E-state index in [1.165, 1.54) is 23.1 Å². The molecule has 1 atom stereocenters. The maximum absolute atomic E-state index is 14.5. The molecule has 2 aromatic heterocycles. The summed E-state index contributed by atoms with van der Waals surface area (Å²) >= 11 is 6.47. The van der Waals surface area contributed by atoms with Gasteiger partial charge in [-0.15, -0.1) is 5.10 Å². The smallest absolute Gasteiger partial charge is 0.410 e. The van der Waals surface area contributed by atoms with E-state index >= 15 is 0 Å². The van der Waals surface area contributed by atoms with Crippen LogP contribution in [0.4, 0.5) is 9.18 Å². The second-order valence-corrected chi connectivity index (χ2v) is 9.66. The first-order chi connectivity index (χ1) is 16.6. The number of nitrogens with zero attached hydrogens (tertiary/aromatic N) is 6. The summed E-state index contributed by atoms with van der Waals surface area (Å²) in [5, 5.41) is 11.2. The van der Waals surface area contributed by atoms with Crippen LogP contribution in [0.15, 0.2) is 42.9 Å². The molecule has 0 fully saturated rings. The quantitative estimate of drug-likeness (QED) is 0.501. The van der Waals surface area contributed by atoms with Crippen LogP contribution >= 0.6 is 11.6 Å². The molecule has 0 radical (unpaired) electrons. The molecule has 1 aliphatic rings. The fraction of sp³-hybridized carbons (Fsp3) is 0.375. The van der Waals surface area contributed by atoms with Crippen molar-refractivity contribution in [2.75, 3.05) is 13.1 Å². The van der Waals surface area contributed by atoms with Gasteiger partial charge in [-0.25, -0.2) is 13.9 Å². The van der Waals surface area contributed by atoms with E-state index in [1.54, 1.807) is 17.2 Å². The van der Waals surface area contributed by atoms with Crippen LogP contribution in [0.1, 0.15) is 39.0 Å². The predicted molar refractivity (Wildman–Crippen MR) is 128 cm³/mol. The fourth-order valence-electron chi connectivity index (χ4n) is 3.70. The lowest BCUT2D eigenvalue weighted by molar-refractivity contribution is 0.0251. The Kier molecular flexibility index (Phi) is 7.02. The van der Waals surface area contributed by atoms with Gasteiger partial charge >= 0.3 is 6.09 Å². The van der Waals surface area contributed by atoms with Crippen LogP contribution in [0.25, 0.3) is 11.3 Å². The highest BCUT2D eigenvalue weighted by Crippen LogP contribution is 2.31. The molecule has 0 spiro atoms. The van der Waals surface area contributed by atoms with Gasteiger partial charge in [0.15, 0.2) is 11.6 Å². The van der Waals surface area contributed by atoms with Crippen LogP contribution in [0, 0.1) is 11.7 Å². The summed E-state index contributed by atoms with van der Waals surface area (Å²) in [6.45, 7) is 8.55. The molecular weight excluding hydrogens is 475 g/mol. The molecule has 1 unspecified atom stereocenters. The van der Waals surface area contributed by atoms with E-state index in [1.807, 2.05) is 39.8 Å². The number of benzene rings is 1. The number of hydrogen-bond acceptors (Lipinski definition) is 7. The van der Waals surface area contributed by atoms with Crippen LogP contribution in [0.2, 0.25) is 5.02 Å². The van der Waals surface area contributed by atoms with E-state index in [4.69, 9.17) is 21.1 Å². The second kappa shape index (κ2) is 9.99. The number of rotatable bonds is 5. The van der Waals surface area contributed by atoms with Crippen molar-refractivity contribution >= 4 is 23.3 Å². The van der Waals surface area contributed by atoms with Crippen molar-refractivity contribution in [1.29, 1.82) is 0 Å². The van der Waals surface area contributed by atoms with Crippen molar-refractivity contribution in [1.82, 2.24) is 30.1 Å². The Hall–Kier alpha value is -3.53. The number of hydrogen-bond donors (Lipinski definition) is 0. The maximum atomic E-state index is 14.5. The van der Waals surface area contributed by atoms with Gasteiger partial charge < -0.3 is 14.4 Å². The molecule has 0 N–H and O–H groups in total. The van der Waals surface area contributed by atoms with Crippen molar-refractivity contribution < 1.29 is 18.7 Å². The molecule has 3 heterocycles. The summed E-state index contributed by atoms with van der Waals surface area (Å²) in [7, 11) is 0. The monoisotopic (exact) mass is 500 g/mol. The van der Waals surface area contributed by atoms with Crippen molar-refractivity contribution in [3.63, 3.8) is 0 Å². The average molecular weight is 501 g/mol. The van der Waals surface area contributed by atoms with E-state index < -0.39 is 11.4 Å². The van der Waals surface area contributed by atoms with Gasteiger partial charge in [-0.3, -0.25) is 4.98 Å². The number of halogens is 2. The van der Waals surface area contributed by atoms with Crippen LogP contribution in [0.3, 0.4) is 0 Å². The van der Waals surface area contributed by atoms with E-state index in [0.717, 1.165) is 11.1 Å². The topological polar surface area (TPSA) is 95.3 Å². The minimum absolute atomic E-state index is 0.00127. The molecule has 11 heteroatoms. The Morgan fingerprint density at radius 3 is 2.71 bits per heavy atom. The third kappa shape index (κ3) is 5.94. The highest BCUT2D eigenvalue weighted by molar-refractivity contribution is 6.31. The van der Waals surface area contributed by atoms with Gasteiger partial charge in [0, 0.05) is 25.4 Å². The molecular formula is C24H26ClFN6O3. The van der Waals surface area contributed by atoms with Gasteiger partial charge in [-0.2, -0.15) is 0 Å². The van der Waals surface area contributed by atoms with Crippen molar-refractivity contribution in [3.05, 3.63) is 65.0 Å². The van der Waals surface area contributed by atoms with Gasteiger partial charge in [0.1, 0.15) is 18.5 Å². The number of pyridine rings is 1. The Morgan fingerprint density at radius 1 is 1.29 bits per heavy atom.